The minimum absolute atomic E-state index is 0.0602. The van der Waals surface area contributed by atoms with E-state index in [0.717, 1.165) is 12.8 Å². The molecule has 0 aliphatic carbocycles. The van der Waals surface area contributed by atoms with E-state index in [0.29, 0.717) is 6.54 Å². The molecule has 1 N–H and O–H groups in total. The van der Waals surface area contributed by atoms with Crippen LogP contribution in [-0.4, -0.2) is 67.5 Å². The summed E-state index contributed by atoms with van der Waals surface area (Å²) in [5, 5.41) is 9.16. The molecule has 2 unspecified atom stereocenters. The lowest BCUT2D eigenvalue weighted by Gasteiger charge is -2.32. The van der Waals surface area contributed by atoms with Gasteiger partial charge in [-0.25, -0.2) is 0 Å². The molecule has 1 aliphatic heterocycles. The first-order chi connectivity index (χ1) is 9.36. The Bertz CT molecular complexity index is 426. The second-order valence-corrected chi connectivity index (χ2v) is 6.92. The van der Waals surface area contributed by atoms with Crippen LogP contribution in [0.25, 0.3) is 0 Å². The Morgan fingerprint density at radius 1 is 1.35 bits per heavy atom. The van der Waals surface area contributed by atoms with Crippen LogP contribution in [0.2, 0.25) is 0 Å². The van der Waals surface area contributed by atoms with Gasteiger partial charge in [0.2, 0.25) is 0 Å². The highest BCUT2D eigenvalue weighted by atomic mass is 32.2. The molecule has 0 radical (unpaired) electrons. The van der Waals surface area contributed by atoms with E-state index in [1.807, 2.05) is 6.92 Å². The first kappa shape index (κ1) is 17.4. The Hall–Kier alpha value is -0.700. The smallest absolute Gasteiger partial charge is 0.310 e. The van der Waals surface area contributed by atoms with Gasteiger partial charge < -0.3 is 9.84 Å². The van der Waals surface area contributed by atoms with E-state index in [1.165, 1.54) is 15.7 Å². The van der Waals surface area contributed by atoms with Crippen LogP contribution >= 0.6 is 0 Å². The molecule has 1 saturated heterocycles. The van der Waals surface area contributed by atoms with Crippen LogP contribution in [0.3, 0.4) is 0 Å². The van der Waals surface area contributed by atoms with Gasteiger partial charge in [-0.05, 0) is 6.42 Å². The van der Waals surface area contributed by atoms with Gasteiger partial charge in [0.15, 0.2) is 0 Å². The molecule has 0 amide bonds. The number of hydrogen-bond donors (Lipinski definition) is 1. The lowest BCUT2D eigenvalue weighted by molar-refractivity contribution is -0.142. The zero-order chi connectivity index (χ0) is 15.3. The Morgan fingerprint density at radius 2 is 2.00 bits per heavy atom. The summed E-state index contributed by atoms with van der Waals surface area (Å²) in [7, 11) is -2.12. The minimum atomic E-state index is -3.65. The molecule has 1 aliphatic rings. The summed E-state index contributed by atoms with van der Waals surface area (Å²) in [4.78, 5) is 11.2. The third-order valence-electron chi connectivity index (χ3n) is 3.57. The molecule has 0 bridgehead atoms. The van der Waals surface area contributed by atoms with Crippen molar-refractivity contribution in [3.63, 3.8) is 0 Å². The molecular formula is C12H24N2O5S. The maximum Gasteiger partial charge on any atom is 0.310 e. The van der Waals surface area contributed by atoms with Crippen molar-refractivity contribution < 1.29 is 23.1 Å². The van der Waals surface area contributed by atoms with Crippen LogP contribution in [0.1, 0.15) is 26.7 Å². The van der Waals surface area contributed by atoms with Gasteiger partial charge in [0.25, 0.3) is 10.2 Å². The van der Waals surface area contributed by atoms with E-state index in [9.17, 15) is 13.2 Å². The molecule has 8 heteroatoms. The summed E-state index contributed by atoms with van der Waals surface area (Å²) in [5.74, 6) is -1.82. The summed E-state index contributed by atoms with van der Waals surface area (Å²) in [6.07, 6.45) is 1.67. The van der Waals surface area contributed by atoms with Gasteiger partial charge in [-0.3, -0.25) is 4.79 Å². The van der Waals surface area contributed by atoms with Crippen LogP contribution in [0.4, 0.5) is 0 Å². The Morgan fingerprint density at radius 3 is 2.50 bits per heavy atom. The van der Waals surface area contributed by atoms with Crippen molar-refractivity contribution >= 4 is 16.2 Å². The number of carboxylic acids is 1. The SMILES string of the molecule is CCCCN(C)S(=O)(=O)N(CC)C1COCC1C(=O)O. The van der Waals surface area contributed by atoms with Gasteiger partial charge in [-0.2, -0.15) is 17.0 Å². The van der Waals surface area contributed by atoms with Crippen molar-refractivity contribution in [3.05, 3.63) is 0 Å². The zero-order valence-corrected chi connectivity index (χ0v) is 13.1. The topological polar surface area (TPSA) is 87.2 Å². The second-order valence-electron chi connectivity index (χ2n) is 4.94. The average molecular weight is 308 g/mol. The first-order valence-corrected chi connectivity index (χ1v) is 8.29. The van der Waals surface area contributed by atoms with Gasteiger partial charge in [0.1, 0.15) is 0 Å². The normalized spacial score (nSPS) is 23.6. The molecule has 7 nitrogen and oxygen atoms in total. The summed E-state index contributed by atoms with van der Waals surface area (Å²) in [6.45, 7) is 4.55. The molecule has 0 aromatic carbocycles. The number of nitrogens with zero attached hydrogens (tertiary/aromatic N) is 2. The molecule has 20 heavy (non-hydrogen) atoms. The van der Waals surface area contributed by atoms with Crippen LogP contribution < -0.4 is 0 Å². The van der Waals surface area contributed by atoms with Crippen molar-refractivity contribution in [2.75, 3.05) is 33.4 Å². The van der Waals surface area contributed by atoms with Crippen molar-refractivity contribution in [1.29, 1.82) is 0 Å². The fourth-order valence-corrected chi connectivity index (χ4v) is 3.90. The first-order valence-electron chi connectivity index (χ1n) is 6.89. The number of ether oxygens (including phenoxy) is 1. The van der Waals surface area contributed by atoms with Crippen LogP contribution in [-0.2, 0) is 19.7 Å². The van der Waals surface area contributed by atoms with Gasteiger partial charge in [-0.1, -0.05) is 20.3 Å². The van der Waals surface area contributed by atoms with Gasteiger partial charge >= 0.3 is 5.97 Å². The van der Waals surface area contributed by atoms with E-state index >= 15 is 0 Å². The van der Waals surface area contributed by atoms with E-state index in [4.69, 9.17) is 9.84 Å². The lowest BCUT2D eigenvalue weighted by Crippen LogP contribution is -2.51. The third-order valence-corrected chi connectivity index (χ3v) is 5.66. The largest absolute Gasteiger partial charge is 0.481 e. The fraction of sp³-hybridized carbons (Fsp3) is 0.917. The molecule has 0 spiro atoms. The maximum absolute atomic E-state index is 12.5. The van der Waals surface area contributed by atoms with Crippen molar-refractivity contribution in [2.45, 2.75) is 32.7 Å². The number of unbranched alkanes of at least 4 members (excludes halogenated alkanes) is 1. The molecule has 1 fully saturated rings. The van der Waals surface area contributed by atoms with E-state index < -0.39 is 28.1 Å². The number of carbonyl (C=O) groups is 1. The van der Waals surface area contributed by atoms with E-state index in [2.05, 4.69) is 0 Å². The summed E-state index contributed by atoms with van der Waals surface area (Å²) >= 11 is 0. The molecular weight excluding hydrogens is 284 g/mol. The summed E-state index contributed by atoms with van der Waals surface area (Å²) in [5.41, 5.74) is 0. The minimum Gasteiger partial charge on any atom is -0.481 e. The van der Waals surface area contributed by atoms with Gasteiger partial charge in [-0.15, -0.1) is 0 Å². The van der Waals surface area contributed by atoms with Crippen LogP contribution in [0, 0.1) is 5.92 Å². The Kier molecular flexibility index (Phi) is 6.38. The van der Waals surface area contributed by atoms with Crippen molar-refractivity contribution in [3.8, 4) is 0 Å². The monoisotopic (exact) mass is 308 g/mol. The average Bonchev–Trinajstić information content (AvgIpc) is 2.85. The molecule has 1 heterocycles. The number of carboxylic acid groups (broad SMARTS) is 1. The highest BCUT2D eigenvalue weighted by Crippen LogP contribution is 2.24. The maximum atomic E-state index is 12.5. The summed E-state index contributed by atoms with van der Waals surface area (Å²) in [6, 6.07) is -0.633. The Balaban J connectivity index is 2.91. The molecule has 0 aromatic rings. The molecule has 0 aromatic heterocycles. The summed E-state index contributed by atoms with van der Waals surface area (Å²) < 4.78 is 32.8. The number of rotatable bonds is 8. The highest BCUT2D eigenvalue weighted by molar-refractivity contribution is 7.86. The standard InChI is InChI=1S/C12H24N2O5S/c1-4-6-7-13(3)20(17,18)14(5-2)11-9-19-8-10(11)12(15)16/h10-11H,4-9H2,1-3H3,(H,15,16). The van der Waals surface area contributed by atoms with Crippen molar-refractivity contribution in [1.82, 2.24) is 8.61 Å². The Labute approximate surface area is 120 Å². The van der Waals surface area contributed by atoms with E-state index in [-0.39, 0.29) is 19.8 Å². The van der Waals surface area contributed by atoms with E-state index in [1.54, 1.807) is 6.92 Å². The quantitative estimate of drug-likeness (QED) is 0.700. The van der Waals surface area contributed by atoms with Gasteiger partial charge in [0.05, 0.1) is 25.2 Å². The molecule has 1 rings (SSSR count). The molecule has 0 saturated carbocycles. The highest BCUT2D eigenvalue weighted by Gasteiger charge is 2.43. The molecule has 118 valence electrons. The van der Waals surface area contributed by atoms with Crippen LogP contribution in [0.5, 0.6) is 0 Å². The van der Waals surface area contributed by atoms with Gasteiger partial charge in [0, 0.05) is 20.1 Å². The molecule has 2 atom stereocenters. The predicted molar refractivity (Wildman–Crippen MR) is 74.6 cm³/mol. The fourth-order valence-electron chi connectivity index (χ4n) is 2.31. The third kappa shape index (κ3) is 3.69. The van der Waals surface area contributed by atoms with Crippen molar-refractivity contribution in [2.24, 2.45) is 5.92 Å². The number of hydrogen-bond acceptors (Lipinski definition) is 4. The zero-order valence-electron chi connectivity index (χ0n) is 12.3. The number of likely N-dealkylation sites (N-methyl/N-ethyl adjacent to an activating group) is 1. The predicted octanol–water partition coefficient (Wildman–Crippen LogP) is 0.385. The number of aliphatic carboxylic acids is 1. The second kappa shape index (κ2) is 7.35. The lowest BCUT2D eigenvalue weighted by atomic mass is 10.0. The van der Waals surface area contributed by atoms with Crippen LogP contribution in [0.15, 0.2) is 0 Å².